The van der Waals surface area contributed by atoms with Crippen molar-refractivity contribution in [2.75, 3.05) is 0 Å². The van der Waals surface area contributed by atoms with Gasteiger partial charge in [0.25, 0.3) is 0 Å². The molecule has 0 aromatic carbocycles. The summed E-state index contributed by atoms with van der Waals surface area (Å²) in [6, 6.07) is 0.351. The molecule has 1 aromatic rings. The van der Waals surface area contributed by atoms with Gasteiger partial charge in [-0.05, 0) is 19.8 Å². The van der Waals surface area contributed by atoms with Crippen LogP contribution in [0.4, 0.5) is 0 Å². The number of imidazole rings is 1. The molecule has 0 bridgehead atoms. The van der Waals surface area contributed by atoms with E-state index in [1.54, 1.807) is 6.20 Å². The minimum atomic E-state index is -0.926. The minimum absolute atomic E-state index is 0.189. The molecular formula is C10H14N2O2. The summed E-state index contributed by atoms with van der Waals surface area (Å²) in [5.74, 6) is -0.737. The highest BCUT2D eigenvalue weighted by Crippen LogP contribution is 2.31. The van der Waals surface area contributed by atoms with Gasteiger partial charge in [0.2, 0.25) is 5.82 Å². The van der Waals surface area contributed by atoms with Gasteiger partial charge in [-0.1, -0.05) is 12.8 Å². The topological polar surface area (TPSA) is 55.1 Å². The second-order valence-corrected chi connectivity index (χ2v) is 3.84. The molecule has 1 N–H and O–H groups in total. The van der Waals surface area contributed by atoms with E-state index in [2.05, 4.69) is 4.98 Å². The number of hydrogen-bond acceptors (Lipinski definition) is 2. The molecule has 0 spiro atoms. The monoisotopic (exact) mass is 194 g/mol. The Morgan fingerprint density at radius 1 is 1.57 bits per heavy atom. The van der Waals surface area contributed by atoms with Gasteiger partial charge in [-0.25, -0.2) is 9.78 Å². The van der Waals surface area contributed by atoms with Crippen LogP contribution in [-0.2, 0) is 0 Å². The molecule has 0 amide bonds. The SMILES string of the molecule is Cc1cnc(C(=O)O)n1C1CCCC1. The van der Waals surface area contributed by atoms with Crippen molar-refractivity contribution in [2.45, 2.75) is 38.6 Å². The van der Waals surface area contributed by atoms with Crippen LogP contribution in [0.3, 0.4) is 0 Å². The number of aromatic nitrogens is 2. The molecule has 0 saturated heterocycles. The van der Waals surface area contributed by atoms with Crippen molar-refractivity contribution >= 4 is 5.97 Å². The Labute approximate surface area is 82.6 Å². The summed E-state index contributed by atoms with van der Waals surface area (Å²) in [7, 11) is 0. The lowest BCUT2D eigenvalue weighted by molar-refractivity contribution is 0.0675. The Morgan fingerprint density at radius 3 is 2.79 bits per heavy atom. The van der Waals surface area contributed by atoms with Gasteiger partial charge in [-0.2, -0.15) is 0 Å². The van der Waals surface area contributed by atoms with Gasteiger partial charge in [-0.3, -0.25) is 0 Å². The van der Waals surface area contributed by atoms with E-state index in [9.17, 15) is 4.79 Å². The molecule has 0 unspecified atom stereocenters. The standard InChI is InChI=1S/C10H14N2O2/c1-7-6-11-9(10(13)14)12(7)8-4-2-3-5-8/h6,8H,2-5H2,1H3,(H,13,14). The maximum Gasteiger partial charge on any atom is 0.372 e. The molecule has 4 heteroatoms. The molecule has 76 valence electrons. The lowest BCUT2D eigenvalue weighted by Crippen LogP contribution is -2.14. The molecule has 1 aliphatic carbocycles. The quantitative estimate of drug-likeness (QED) is 0.783. The maximum atomic E-state index is 10.9. The fourth-order valence-corrected chi connectivity index (χ4v) is 2.23. The van der Waals surface area contributed by atoms with E-state index in [-0.39, 0.29) is 5.82 Å². The van der Waals surface area contributed by atoms with E-state index in [0.717, 1.165) is 18.5 Å². The molecule has 1 heterocycles. The van der Waals surface area contributed by atoms with E-state index in [4.69, 9.17) is 5.11 Å². The fourth-order valence-electron chi connectivity index (χ4n) is 2.23. The molecule has 0 aliphatic heterocycles. The highest BCUT2D eigenvalue weighted by Gasteiger charge is 2.23. The zero-order chi connectivity index (χ0) is 10.1. The zero-order valence-corrected chi connectivity index (χ0v) is 8.23. The third-order valence-electron chi connectivity index (χ3n) is 2.86. The predicted octanol–water partition coefficient (Wildman–Crippen LogP) is 2.00. The van der Waals surface area contributed by atoms with E-state index < -0.39 is 5.97 Å². The minimum Gasteiger partial charge on any atom is -0.475 e. The Kier molecular flexibility index (Phi) is 2.27. The fraction of sp³-hybridized carbons (Fsp3) is 0.600. The van der Waals surface area contributed by atoms with Crippen LogP contribution >= 0.6 is 0 Å². The smallest absolute Gasteiger partial charge is 0.372 e. The van der Waals surface area contributed by atoms with Gasteiger partial charge in [0.05, 0.1) is 0 Å². The lowest BCUT2D eigenvalue weighted by Gasteiger charge is -2.14. The van der Waals surface area contributed by atoms with E-state index >= 15 is 0 Å². The highest BCUT2D eigenvalue weighted by molar-refractivity contribution is 5.83. The largest absolute Gasteiger partial charge is 0.475 e. The van der Waals surface area contributed by atoms with Gasteiger partial charge in [0, 0.05) is 17.9 Å². The lowest BCUT2D eigenvalue weighted by atomic mass is 10.2. The van der Waals surface area contributed by atoms with Crippen LogP contribution in [0.25, 0.3) is 0 Å². The summed E-state index contributed by atoms with van der Waals surface area (Å²) in [6.45, 7) is 1.91. The van der Waals surface area contributed by atoms with Crippen LogP contribution < -0.4 is 0 Å². The number of aromatic carboxylic acids is 1. The highest BCUT2D eigenvalue weighted by atomic mass is 16.4. The second-order valence-electron chi connectivity index (χ2n) is 3.84. The number of nitrogens with zero attached hydrogens (tertiary/aromatic N) is 2. The first-order valence-electron chi connectivity index (χ1n) is 4.97. The molecule has 2 rings (SSSR count). The Morgan fingerprint density at radius 2 is 2.21 bits per heavy atom. The van der Waals surface area contributed by atoms with Crippen LogP contribution in [0, 0.1) is 6.92 Å². The molecular weight excluding hydrogens is 180 g/mol. The van der Waals surface area contributed by atoms with Crippen LogP contribution in [-0.4, -0.2) is 20.6 Å². The number of hydrogen-bond donors (Lipinski definition) is 1. The molecule has 14 heavy (non-hydrogen) atoms. The van der Waals surface area contributed by atoms with Gasteiger partial charge < -0.3 is 9.67 Å². The van der Waals surface area contributed by atoms with Crippen LogP contribution in [0.1, 0.15) is 48.0 Å². The summed E-state index contributed by atoms with van der Waals surface area (Å²) in [5.41, 5.74) is 0.953. The van der Waals surface area contributed by atoms with Crippen molar-refractivity contribution in [3.63, 3.8) is 0 Å². The number of aryl methyl sites for hydroxylation is 1. The van der Waals surface area contributed by atoms with Crippen LogP contribution in [0.2, 0.25) is 0 Å². The normalized spacial score (nSPS) is 17.5. The number of carboxylic acids is 1. The molecule has 0 atom stereocenters. The number of carbonyl (C=O) groups is 1. The summed E-state index contributed by atoms with van der Waals surface area (Å²) < 4.78 is 1.87. The predicted molar refractivity (Wildman–Crippen MR) is 51.4 cm³/mol. The molecule has 1 aliphatic rings. The van der Waals surface area contributed by atoms with Gasteiger partial charge in [0.1, 0.15) is 0 Å². The van der Waals surface area contributed by atoms with Crippen molar-refractivity contribution in [3.8, 4) is 0 Å². The molecule has 1 saturated carbocycles. The van der Waals surface area contributed by atoms with E-state index in [0.29, 0.717) is 6.04 Å². The Bertz CT molecular complexity index is 351. The number of carboxylic acid groups (broad SMARTS) is 1. The van der Waals surface area contributed by atoms with Crippen LogP contribution in [0.5, 0.6) is 0 Å². The summed E-state index contributed by atoms with van der Waals surface area (Å²) >= 11 is 0. The molecule has 1 fully saturated rings. The third kappa shape index (κ3) is 1.41. The van der Waals surface area contributed by atoms with Crippen molar-refractivity contribution in [2.24, 2.45) is 0 Å². The Balaban J connectivity index is 2.38. The van der Waals surface area contributed by atoms with Crippen molar-refractivity contribution in [1.29, 1.82) is 0 Å². The zero-order valence-electron chi connectivity index (χ0n) is 8.23. The third-order valence-corrected chi connectivity index (χ3v) is 2.86. The van der Waals surface area contributed by atoms with E-state index in [1.807, 2.05) is 11.5 Å². The van der Waals surface area contributed by atoms with Gasteiger partial charge >= 0.3 is 5.97 Å². The summed E-state index contributed by atoms with van der Waals surface area (Å²) in [4.78, 5) is 14.8. The maximum absolute atomic E-state index is 10.9. The van der Waals surface area contributed by atoms with E-state index in [1.165, 1.54) is 12.8 Å². The number of rotatable bonds is 2. The molecule has 4 nitrogen and oxygen atoms in total. The average molecular weight is 194 g/mol. The van der Waals surface area contributed by atoms with Crippen molar-refractivity contribution in [3.05, 3.63) is 17.7 Å². The molecule has 0 radical (unpaired) electrons. The average Bonchev–Trinajstić information content (AvgIpc) is 2.71. The first kappa shape index (κ1) is 9.24. The summed E-state index contributed by atoms with van der Waals surface area (Å²) in [5, 5.41) is 8.96. The molecule has 1 aromatic heterocycles. The second kappa shape index (κ2) is 3.44. The van der Waals surface area contributed by atoms with Crippen molar-refractivity contribution in [1.82, 2.24) is 9.55 Å². The van der Waals surface area contributed by atoms with Gasteiger partial charge in [-0.15, -0.1) is 0 Å². The Hall–Kier alpha value is -1.32. The summed E-state index contributed by atoms with van der Waals surface area (Å²) in [6.07, 6.45) is 6.19. The van der Waals surface area contributed by atoms with Crippen molar-refractivity contribution < 1.29 is 9.90 Å². The first-order chi connectivity index (χ1) is 6.70. The van der Waals surface area contributed by atoms with Gasteiger partial charge in [0.15, 0.2) is 0 Å². The van der Waals surface area contributed by atoms with Crippen LogP contribution in [0.15, 0.2) is 6.20 Å². The first-order valence-corrected chi connectivity index (χ1v) is 4.97.